The van der Waals surface area contributed by atoms with Gasteiger partial charge in [-0.2, -0.15) is 0 Å². The van der Waals surface area contributed by atoms with E-state index >= 15 is 0 Å². The molecule has 3 heterocycles. The molecule has 0 aromatic carbocycles. The van der Waals surface area contributed by atoms with Crippen LogP contribution >= 0.6 is 0 Å². The number of nitrogens with zero attached hydrogens (tertiary/aromatic N) is 5. The SMILES string of the molecule is O=[N+]([O-])c1cnc2n1CCn1ccnc1-2. The zero-order chi connectivity index (χ0) is 10.4. The van der Waals surface area contributed by atoms with Crippen LogP contribution in [0, 0.1) is 10.1 Å². The van der Waals surface area contributed by atoms with E-state index in [4.69, 9.17) is 0 Å². The van der Waals surface area contributed by atoms with Gasteiger partial charge in [-0.3, -0.25) is 0 Å². The maximum atomic E-state index is 10.7. The van der Waals surface area contributed by atoms with Gasteiger partial charge in [0.15, 0.2) is 0 Å². The Morgan fingerprint density at radius 2 is 2.20 bits per heavy atom. The molecule has 1 aliphatic rings. The minimum Gasteiger partial charge on any atom is -0.358 e. The van der Waals surface area contributed by atoms with Crippen LogP contribution in [0.25, 0.3) is 11.6 Å². The molecule has 7 heteroatoms. The molecule has 0 saturated heterocycles. The van der Waals surface area contributed by atoms with Crippen molar-refractivity contribution in [1.82, 2.24) is 19.1 Å². The normalized spacial score (nSPS) is 13.3. The highest BCUT2D eigenvalue weighted by Gasteiger charge is 2.27. The van der Waals surface area contributed by atoms with Gasteiger partial charge in [0, 0.05) is 12.4 Å². The highest BCUT2D eigenvalue weighted by Crippen LogP contribution is 2.26. The van der Waals surface area contributed by atoms with E-state index < -0.39 is 4.92 Å². The molecule has 15 heavy (non-hydrogen) atoms. The molecule has 0 spiro atoms. The van der Waals surface area contributed by atoms with Crippen LogP contribution in [0.2, 0.25) is 0 Å². The smallest absolute Gasteiger partial charge is 0.343 e. The number of fused-ring (bicyclic) bond motifs is 3. The highest BCUT2D eigenvalue weighted by molar-refractivity contribution is 5.49. The zero-order valence-electron chi connectivity index (χ0n) is 7.70. The maximum Gasteiger partial charge on any atom is 0.343 e. The van der Waals surface area contributed by atoms with Crippen LogP contribution in [0.1, 0.15) is 0 Å². The van der Waals surface area contributed by atoms with Crippen molar-refractivity contribution in [3.63, 3.8) is 0 Å². The van der Waals surface area contributed by atoms with Gasteiger partial charge in [-0.1, -0.05) is 0 Å². The van der Waals surface area contributed by atoms with Gasteiger partial charge in [-0.05, 0) is 4.92 Å². The molecular formula is C8H7N5O2. The summed E-state index contributed by atoms with van der Waals surface area (Å²) in [6.07, 6.45) is 4.80. The summed E-state index contributed by atoms with van der Waals surface area (Å²) >= 11 is 0. The summed E-state index contributed by atoms with van der Waals surface area (Å²) in [4.78, 5) is 18.4. The number of nitro groups is 1. The van der Waals surface area contributed by atoms with E-state index in [0.717, 1.165) is 0 Å². The van der Waals surface area contributed by atoms with E-state index in [2.05, 4.69) is 9.97 Å². The van der Waals surface area contributed by atoms with Gasteiger partial charge in [0.25, 0.3) is 5.82 Å². The molecule has 0 bridgehead atoms. The minimum atomic E-state index is -0.422. The Kier molecular flexibility index (Phi) is 1.44. The fraction of sp³-hybridized carbons (Fsp3) is 0.250. The number of rotatable bonds is 1. The van der Waals surface area contributed by atoms with Crippen molar-refractivity contribution >= 4 is 5.82 Å². The van der Waals surface area contributed by atoms with Gasteiger partial charge < -0.3 is 14.7 Å². The number of hydrogen-bond donors (Lipinski definition) is 0. The third-order valence-corrected chi connectivity index (χ3v) is 2.50. The molecular weight excluding hydrogens is 198 g/mol. The first-order chi connectivity index (χ1) is 7.27. The third-order valence-electron chi connectivity index (χ3n) is 2.50. The second kappa shape index (κ2) is 2.66. The van der Waals surface area contributed by atoms with Crippen LogP contribution in [0.3, 0.4) is 0 Å². The average molecular weight is 205 g/mol. The lowest BCUT2D eigenvalue weighted by Crippen LogP contribution is -2.17. The number of aromatic nitrogens is 4. The van der Waals surface area contributed by atoms with Crippen LogP contribution in [0.15, 0.2) is 18.6 Å². The monoisotopic (exact) mass is 205 g/mol. The van der Waals surface area contributed by atoms with Crippen LogP contribution in [0.5, 0.6) is 0 Å². The first kappa shape index (κ1) is 8.16. The number of aryl methyl sites for hydroxylation is 1. The second-order valence-electron chi connectivity index (χ2n) is 3.29. The van der Waals surface area contributed by atoms with E-state index in [9.17, 15) is 10.1 Å². The van der Waals surface area contributed by atoms with Crippen LogP contribution in [-0.2, 0) is 13.1 Å². The van der Waals surface area contributed by atoms with E-state index in [1.807, 2.05) is 10.8 Å². The van der Waals surface area contributed by atoms with Gasteiger partial charge in [-0.15, -0.1) is 0 Å². The molecule has 0 atom stereocenters. The first-order valence-corrected chi connectivity index (χ1v) is 4.49. The van der Waals surface area contributed by atoms with Crippen molar-refractivity contribution in [3.05, 3.63) is 28.7 Å². The van der Waals surface area contributed by atoms with Crippen molar-refractivity contribution in [2.24, 2.45) is 0 Å². The Morgan fingerprint density at radius 1 is 1.33 bits per heavy atom. The van der Waals surface area contributed by atoms with Gasteiger partial charge in [-0.25, -0.2) is 14.5 Å². The summed E-state index contributed by atoms with van der Waals surface area (Å²) in [5, 5.41) is 10.7. The predicted molar refractivity (Wildman–Crippen MR) is 50.1 cm³/mol. The molecule has 3 rings (SSSR count). The molecule has 0 N–H and O–H groups in total. The topological polar surface area (TPSA) is 78.8 Å². The van der Waals surface area contributed by atoms with Gasteiger partial charge >= 0.3 is 5.82 Å². The summed E-state index contributed by atoms with van der Waals surface area (Å²) in [5.41, 5.74) is 0. The summed E-state index contributed by atoms with van der Waals surface area (Å²) in [6.45, 7) is 1.26. The van der Waals surface area contributed by atoms with Crippen molar-refractivity contribution in [3.8, 4) is 11.6 Å². The standard InChI is InChI=1S/C8H7N5O2/c14-13(15)6-5-10-8-7-9-1-2-11(7)3-4-12(6)8/h1-2,5H,3-4H2. The summed E-state index contributed by atoms with van der Waals surface area (Å²) in [7, 11) is 0. The molecule has 0 amide bonds. The molecule has 2 aromatic rings. The number of hydrogen-bond acceptors (Lipinski definition) is 4. The molecule has 2 aromatic heterocycles. The average Bonchev–Trinajstić information content (AvgIpc) is 2.82. The lowest BCUT2D eigenvalue weighted by atomic mass is 10.4. The Bertz CT molecular complexity index is 541. The summed E-state index contributed by atoms with van der Waals surface area (Å²) in [5.74, 6) is 1.28. The van der Waals surface area contributed by atoms with Crippen molar-refractivity contribution < 1.29 is 4.92 Å². The molecule has 0 unspecified atom stereocenters. The molecule has 7 nitrogen and oxygen atoms in total. The first-order valence-electron chi connectivity index (χ1n) is 4.49. The van der Waals surface area contributed by atoms with E-state index in [1.54, 1.807) is 10.8 Å². The van der Waals surface area contributed by atoms with Gasteiger partial charge in [0.1, 0.15) is 12.7 Å². The fourth-order valence-corrected chi connectivity index (χ4v) is 1.81. The maximum absolute atomic E-state index is 10.7. The highest BCUT2D eigenvalue weighted by atomic mass is 16.6. The van der Waals surface area contributed by atoms with E-state index in [0.29, 0.717) is 24.7 Å². The van der Waals surface area contributed by atoms with Crippen LogP contribution in [0.4, 0.5) is 5.82 Å². The molecule has 0 radical (unpaired) electrons. The van der Waals surface area contributed by atoms with Gasteiger partial charge in [0.05, 0.1) is 6.54 Å². The fourth-order valence-electron chi connectivity index (χ4n) is 1.81. The summed E-state index contributed by atoms with van der Waals surface area (Å²) in [6, 6.07) is 0. The molecule has 0 aliphatic carbocycles. The number of imidazole rings is 2. The third kappa shape index (κ3) is 0.997. The summed E-state index contributed by atoms with van der Waals surface area (Å²) < 4.78 is 3.52. The molecule has 0 saturated carbocycles. The van der Waals surface area contributed by atoms with E-state index in [-0.39, 0.29) is 5.82 Å². The van der Waals surface area contributed by atoms with Crippen molar-refractivity contribution in [1.29, 1.82) is 0 Å². The Labute approximate surface area is 84.1 Å². The van der Waals surface area contributed by atoms with Crippen LogP contribution in [-0.4, -0.2) is 24.0 Å². The molecule has 0 fully saturated rings. The van der Waals surface area contributed by atoms with Crippen LogP contribution < -0.4 is 0 Å². The predicted octanol–water partition coefficient (Wildman–Crippen LogP) is 0.668. The van der Waals surface area contributed by atoms with Gasteiger partial charge in [0.2, 0.25) is 5.82 Å². The second-order valence-corrected chi connectivity index (χ2v) is 3.29. The Hall–Kier alpha value is -2.18. The van der Waals surface area contributed by atoms with Crippen molar-refractivity contribution in [2.45, 2.75) is 13.1 Å². The Balaban J connectivity index is 2.23. The van der Waals surface area contributed by atoms with Crippen molar-refractivity contribution in [2.75, 3.05) is 0 Å². The van der Waals surface area contributed by atoms with E-state index in [1.165, 1.54) is 6.20 Å². The molecule has 1 aliphatic heterocycles. The Morgan fingerprint density at radius 3 is 3.00 bits per heavy atom. The molecule has 76 valence electrons. The minimum absolute atomic E-state index is 0.0271. The largest absolute Gasteiger partial charge is 0.358 e. The quantitative estimate of drug-likeness (QED) is 0.506. The zero-order valence-corrected chi connectivity index (χ0v) is 7.70. The lowest BCUT2D eigenvalue weighted by molar-refractivity contribution is -0.392. The lowest BCUT2D eigenvalue weighted by Gasteiger charge is -2.12.